The normalized spacial score (nSPS) is 30.8. The van der Waals surface area contributed by atoms with Gasteiger partial charge in [-0.05, 0) is 63.3 Å². The SMILES string of the molecule is COc1cc2c(cc1OCC1CCC1(F)F)CCN1CC(OC(C)(C)C)C(O)CC21. The number of rotatable bonds is 5. The van der Waals surface area contributed by atoms with Gasteiger partial charge in [-0.25, -0.2) is 8.78 Å². The molecule has 1 saturated heterocycles. The van der Waals surface area contributed by atoms with Gasteiger partial charge in [0, 0.05) is 25.6 Å². The zero-order valence-corrected chi connectivity index (χ0v) is 18.3. The fourth-order valence-corrected chi connectivity index (χ4v) is 4.79. The number of benzene rings is 1. The van der Waals surface area contributed by atoms with E-state index < -0.39 is 17.9 Å². The van der Waals surface area contributed by atoms with Gasteiger partial charge in [-0.1, -0.05) is 0 Å². The van der Waals surface area contributed by atoms with Crippen molar-refractivity contribution in [2.75, 3.05) is 26.8 Å². The molecule has 2 heterocycles. The third-order valence-electron chi connectivity index (χ3n) is 6.57. The molecule has 3 aliphatic rings. The molecular formula is C23H33F2NO4. The molecule has 4 unspecified atom stereocenters. The first-order valence-corrected chi connectivity index (χ1v) is 10.9. The second-order valence-electron chi connectivity index (χ2n) is 9.84. The maximum Gasteiger partial charge on any atom is 0.254 e. The van der Waals surface area contributed by atoms with Crippen molar-refractivity contribution >= 4 is 0 Å². The van der Waals surface area contributed by atoms with E-state index in [0.717, 1.165) is 24.1 Å². The van der Waals surface area contributed by atoms with Crippen LogP contribution in [-0.4, -0.2) is 60.5 Å². The standard InChI is InChI=1S/C23H33F2NO4/c1-22(2,3)30-21-12-26-8-6-14-9-20(29-13-15-5-7-23(15,24)25)19(28-4)10-16(14)17(26)11-18(21)27/h9-10,15,17-18,21,27H,5-8,11-13H2,1-4H3. The summed E-state index contributed by atoms with van der Waals surface area (Å²) < 4.78 is 44.5. The molecule has 4 atom stereocenters. The Morgan fingerprint density at radius 1 is 1.23 bits per heavy atom. The van der Waals surface area contributed by atoms with E-state index in [9.17, 15) is 13.9 Å². The molecule has 2 aliphatic heterocycles. The molecule has 30 heavy (non-hydrogen) atoms. The van der Waals surface area contributed by atoms with Gasteiger partial charge in [0.1, 0.15) is 0 Å². The Morgan fingerprint density at radius 2 is 2.00 bits per heavy atom. The number of ether oxygens (including phenoxy) is 3. The van der Waals surface area contributed by atoms with Crippen LogP contribution in [0.1, 0.15) is 57.2 Å². The van der Waals surface area contributed by atoms with Crippen LogP contribution in [0.5, 0.6) is 11.5 Å². The molecule has 0 amide bonds. The highest BCUT2D eigenvalue weighted by atomic mass is 19.3. The second kappa shape index (κ2) is 7.92. The molecular weight excluding hydrogens is 392 g/mol. The Hall–Kier alpha value is -1.44. The van der Waals surface area contributed by atoms with Gasteiger partial charge >= 0.3 is 0 Å². The Morgan fingerprint density at radius 3 is 2.60 bits per heavy atom. The largest absolute Gasteiger partial charge is 0.493 e. The van der Waals surface area contributed by atoms with Crippen molar-refractivity contribution in [3.8, 4) is 11.5 Å². The van der Waals surface area contributed by atoms with E-state index in [0.29, 0.717) is 30.9 Å². The van der Waals surface area contributed by atoms with E-state index in [4.69, 9.17) is 14.2 Å². The monoisotopic (exact) mass is 425 g/mol. The summed E-state index contributed by atoms with van der Waals surface area (Å²) in [4.78, 5) is 2.36. The van der Waals surface area contributed by atoms with Crippen molar-refractivity contribution in [1.82, 2.24) is 4.90 Å². The first kappa shape index (κ1) is 21.8. The number of fused-ring (bicyclic) bond motifs is 3. The molecule has 5 nitrogen and oxygen atoms in total. The molecule has 7 heteroatoms. The van der Waals surface area contributed by atoms with Crippen molar-refractivity contribution in [2.24, 2.45) is 5.92 Å². The molecule has 0 bridgehead atoms. The summed E-state index contributed by atoms with van der Waals surface area (Å²) in [6.45, 7) is 7.55. The smallest absolute Gasteiger partial charge is 0.254 e. The van der Waals surface area contributed by atoms with E-state index >= 15 is 0 Å². The number of aliphatic hydroxyl groups is 1. The molecule has 2 fully saturated rings. The van der Waals surface area contributed by atoms with Gasteiger partial charge in [-0.2, -0.15) is 0 Å². The minimum Gasteiger partial charge on any atom is -0.493 e. The lowest BCUT2D eigenvalue weighted by molar-refractivity contribution is -0.149. The number of methoxy groups -OCH3 is 1. The summed E-state index contributed by atoms with van der Waals surface area (Å²) in [5.41, 5.74) is 1.95. The highest BCUT2D eigenvalue weighted by Gasteiger charge is 2.48. The number of hydrogen-bond donors (Lipinski definition) is 1. The van der Waals surface area contributed by atoms with Gasteiger partial charge in [0.05, 0.1) is 37.4 Å². The Balaban J connectivity index is 1.51. The third kappa shape index (κ3) is 4.30. The molecule has 1 aromatic carbocycles. The number of nitrogens with zero attached hydrogens (tertiary/aromatic N) is 1. The van der Waals surface area contributed by atoms with E-state index in [-0.39, 0.29) is 30.8 Å². The van der Waals surface area contributed by atoms with E-state index in [2.05, 4.69) is 4.90 Å². The number of aliphatic hydroxyl groups excluding tert-OH is 1. The fourth-order valence-electron chi connectivity index (χ4n) is 4.79. The average molecular weight is 426 g/mol. The van der Waals surface area contributed by atoms with Gasteiger partial charge in [-0.3, -0.25) is 4.90 Å². The minimum absolute atomic E-state index is 0.00222. The fraction of sp³-hybridized carbons (Fsp3) is 0.739. The molecule has 168 valence electrons. The van der Waals surface area contributed by atoms with Crippen LogP contribution in [-0.2, 0) is 11.2 Å². The number of hydrogen-bond acceptors (Lipinski definition) is 5. The lowest BCUT2D eigenvalue weighted by atomic mass is 9.81. The molecule has 0 aromatic heterocycles. The number of alkyl halides is 2. The van der Waals surface area contributed by atoms with Crippen LogP contribution in [0.25, 0.3) is 0 Å². The summed E-state index contributed by atoms with van der Waals surface area (Å²) in [6.07, 6.45) is 1.11. The van der Waals surface area contributed by atoms with Crippen LogP contribution >= 0.6 is 0 Å². The van der Waals surface area contributed by atoms with Crippen molar-refractivity contribution in [3.05, 3.63) is 23.3 Å². The van der Waals surface area contributed by atoms with Crippen LogP contribution in [0.4, 0.5) is 8.78 Å². The summed E-state index contributed by atoms with van der Waals surface area (Å²) in [5, 5.41) is 10.7. The quantitative estimate of drug-likeness (QED) is 0.774. The van der Waals surface area contributed by atoms with Gasteiger partial charge < -0.3 is 19.3 Å². The van der Waals surface area contributed by atoms with Crippen molar-refractivity contribution in [3.63, 3.8) is 0 Å². The predicted molar refractivity (Wildman–Crippen MR) is 109 cm³/mol. The molecule has 0 spiro atoms. The van der Waals surface area contributed by atoms with Crippen molar-refractivity contribution < 1.29 is 28.1 Å². The van der Waals surface area contributed by atoms with Gasteiger partial charge in [0.25, 0.3) is 5.92 Å². The number of piperidine rings is 1. The molecule has 4 rings (SSSR count). The Labute approximate surface area is 177 Å². The third-order valence-corrected chi connectivity index (χ3v) is 6.57. The Bertz CT molecular complexity index is 779. The van der Waals surface area contributed by atoms with E-state index in [1.54, 1.807) is 7.11 Å². The summed E-state index contributed by atoms with van der Waals surface area (Å²) in [5.74, 6) is -2.26. The second-order valence-corrected chi connectivity index (χ2v) is 9.84. The molecule has 0 radical (unpaired) electrons. The molecule has 1 N–H and O–H groups in total. The van der Waals surface area contributed by atoms with Gasteiger partial charge in [-0.15, -0.1) is 0 Å². The van der Waals surface area contributed by atoms with Crippen LogP contribution in [0.2, 0.25) is 0 Å². The zero-order valence-electron chi connectivity index (χ0n) is 18.3. The summed E-state index contributed by atoms with van der Waals surface area (Å²) in [7, 11) is 1.57. The minimum atomic E-state index is -2.62. The lowest BCUT2D eigenvalue weighted by Gasteiger charge is -2.47. The average Bonchev–Trinajstić information content (AvgIpc) is 2.66. The van der Waals surface area contributed by atoms with E-state index in [1.165, 1.54) is 0 Å². The van der Waals surface area contributed by atoms with Crippen LogP contribution < -0.4 is 9.47 Å². The maximum atomic E-state index is 13.6. The molecule has 1 aromatic rings. The predicted octanol–water partition coefficient (Wildman–Crippen LogP) is 3.97. The van der Waals surface area contributed by atoms with Crippen LogP contribution in [0.15, 0.2) is 12.1 Å². The van der Waals surface area contributed by atoms with Crippen LogP contribution in [0, 0.1) is 5.92 Å². The highest BCUT2D eigenvalue weighted by molar-refractivity contribution is 5.49. The lowest BCUT2D eigenvalue weighted by Crippen LogP contribution is -2.53. The van der Waals surface area contributed by atoms with Crippen LogP contribution in [0.3, 0.4) is 0 Å². The first-order valence-electron chi connectivity index (χ1n) is 10.9. The first-order chi connectivity index (χ1) is 14.1. The highest BCUT2D eigenvalue weighted by Crippen LogP contribution is 2.45. The number of halogens is 2. The van der Waals surface area contributed by atoms with Crippen molar-refractivity contribution in [1.29, 1.82) is 0 Å². The van der Waals surface area contributed by atoms with Gasteiger partial charge in [0.2, 0.25) is 0 Å². The van der Waals surface area contributed by atoms with Crippen molar-refractivity contribution in [2.45, 2.75) is 76.2 Å². The molecule has 1 aliphatic carbocycles. The summed E-state index contributed by atoms with van der Waals surface area (Å²) in [6, 6.07) is 3.98. The summed E-state index contributed by atoms with van der Waals surface area (Å²) >= 11 is 0. The maximum absolute atomic E-state index is 13.6. The van der Waals surface area contributed by atoms with E-state index in [1.807, 2.05) is 32.9 Å². The topological polar surface area (TPSA) is 51.2 Å². The zero-order chi connectivity index (χ0) is 21.7. The Kier molecular flexibility index (Phi) is 5.75. The van der Waals surface area contributed by atoms with Gasteiger partial charge in [0.15, 0.2) is 11.5 Å². The molecule has 1 saturated carbocycles.